The molecule has 0 aromatic heterocycles. The summed E-state index contributed by atoms with van der Waals surface area (Å²) in [5.41, 5.74) is 11.5. The van der Waals surface area contributed by atoms with Gasteiger partial charge in [-0.15, -0.1) is 0 Å². The largest absolute Gasteiger partial charge is 2.00 e. The smallest absolute Gasteiger partial charge is 0.199 e. The van der Waals surface area contributed by atoms with E-state index in [0.29, 0.717) is 0 Å². The fraction of sp³-hybridized carbons (Fsp3) is 0.500. The second-order valence-corrected chi connectivity index (χ2v) is 7.25. The van der Waals surface area contributed by atoms with Crippen LogP contribution in [0.2, 0.25) is 13.1 Å². The van der Waals surface area contributed by atoms with Crippen molar-refractivity contribution in [3.63, 3.8) is 0 Å². The fourth-order valence-electron chi connectivity index (χ4n) is 2.27. The van der Waals surface area contributed by atoms with Gasteiger partial charge in [0, 0.05) is 9.52 Å². The molecule has 0 aliphatic rings. The molecule has 0 saturated carbocycles. The summed E-state index contributed by atoms with van der Waals surface area (Å²) in [6.07, 6.45) is 0. The minimum atomic E-state index is 0. The maximum absolute atomic E-state index is 2.24. The van der Waals surface area contributed by atoms with Crippen LogP contribution in [-0.2, 0) is 21.7 Å². The van der Waals surface area contributed by atoms with E-state index < -0.39 is 0 Å². The number of aryl methyl sites for hydroxylation is 4. The molecule has 0 atom stereocenters. The van der Waals surface area contributed by atoms with Crippen LogP contribution in [0.25, 0.3) is 0 Å². The summed E-state index contributed by atoms with van der Waals surface area (Å²) in [6.45, 7) is 21.8. The molecule has 0 saturated heterocycles. The molecule has 0 spiro atoms. The molecule has 0 amide bonds. The molecule has 0 heterocycles. The average molecular weight is 349 g/mol. The Bertz CT molecular complexity index is 464. The Morgan fingerprint density at radius 2 is 0.909 bits per heavy atom. The van der Waals surface area contributed by atoms with Gasteiger partial charge in [0.1, 0.15) is 0 Å². The minimum absolute atomic E-state index is 0. The van der Waals surface area contributed by atoms with Gasteiger partial charge in [-0.05, 0) is 0 Å². The topological polar surface area (TPSA) is 0 Å². The van der Waals surface area contributed by atoms with Crippen molar-refractivity contribution in [2.45, 2.75) is 68.5 Å². The third kappa shape index (κ3) is 6.81. The Hall–Kier alpha value is -0.369. The van der Waals surface area contributed by atoms with Crippen LogP contribution in [0.4, 0.5) is 0 Å². The van der Waals surface area contributed by atoms with Crippen LogP contribution in [0, 0.1) is 55.4 Å². The van der Waals surface area contributed by atoms with Gasteiger partial charge in [-0.25, -0.2) is 0 Å². The summed E-state index contributed by atoms with van der Waals surface area (Å²) in [5.74, 6) is 0. The third-order valence-electron chi connectivity index (χ3n) is 4.36. The van der Waals surface area contributed by atoms with Crippen molar-refractivity contribution in [3.8, 4) is 0 Å². The van der Waals surface area contributed by atoms with E-state index in [1.807, 2.05) is 0 Å². The van der Waals surface area contributed by atoms with E-state index in [4.69, 9.17) is 0 Å². The molecule has 2 heteroatoms. The van der Waals surface area contributed by atoms with Crippen molar-refractivity contribution in [3.05, 3.63) is 56.6 Å². The molecule has 2 rings (SSSR count). The average Bonchev–Trinajstić information content (AvgIpc) is 2.77. The Labute approximate surface area is 156 Å². The van der Waals surface area contributed by atoms with Crippen molar-refractivity contribution >= 4 is 9.52 Å². The Morgan fingerprint density at radius 3 is 0.955 bits per heavy atom. The molecule has 121 valence electrons. The van der Waals surface area contributed by atoms with Crippen molar-refractivity contribution in [2.75, 3.05) is 0 Å². The molecule has 0 N–H and O–H groups in total. The summed E-state index contributed by atoms with van der Waals surface area (Å²) in [7, 11) is 0.750. The van der Waals surface area contributed by atoms with Crippen LogP contribution in [0.15, 0.2) is 12.1 Å². The summed E-state index contributed by atoms with van der Waals surface area (Å²) in [5, 5.41) is 0. The Balaban J connectivity index is 0. The molecule has 22 heavy (non-hydrogen) atoms. The van der Waals surface area contributed by atoms with Gasteiger partial charge in [-0.1, -0.05) is 68.5 Å². The van der Waals surface area contributed by atoms with Crippen LogP contribution in [-0.4, -0.2) is 9.52 Å². The van der Waals surface area contributed by atoms with Gasteiger partial charge in [-0.2, -0.15) is 56.6 Å². The van der Waals surface area contributed by atoms with E-state index in [9.17, 15) is 0 Å². The zero-order valence-electron chi connectivity index (χ0n) is 16.2. The van der Waals surface area contributed by atoms with Crippen LogP contribution < -0.4 is 0 Å². The van der Waals surface area contributed by atoms with E-state index >= 15 is 0 Å². The van der Waals surface area contributed by atoms with Crippen molar-refractivity contribution < 1.29 is 21.7 Å². The number of rotatable bonds is 0. The summed E-state index contributed by atoms with van der Waals surface area (Å²) in [6, 6.07) is 4.48. The SMILES string of the molecule is C[SiH]C.Cc1c[c-](C)c(C)c1C.Cc1c[c-](C)c(C)c1C.[Ti+2]. The molecule has 0 aliphatic heterocycles. The van der Waals surface area contributed by atoms with Gasteiger partial charge < -0.3 is 0 Å². The summed E-state index contributed by atoms with van der Waals surface area (Å²) < 4.78 is 0. The first-order chi connectivity index (χ1) is 9.67. The maximum atomic E-state index is 2.24. The van der Waals surface area contributed by atoms with Crippen molar-refractivity contribution in [1.29, 1.82) is 0 Å². The predicted octanol–water partition coefficient (Wildman–Crippen LogP) is 5.79. The zero-order chi connectivity index (χ0) is 16.7. The van der Waals surface area contributed by atoms with E-state index in [2.05, 4.69) is 80.6 Å². The quantitative estimate of drug-likeness (QED) is 0.417. The molecule has 1 radical (unpaired) electrons. The van der Waals surface area contributed by atoms with Crippen LogP contribution in [0.1, 0.15) is 44.5 Å². The van der Waals surface area contributed by atoms with E-state index in [1.165, 1.54) is 44.5 Å². The van der Waals surface area contributed by atoms with E-state index in [0.717, 1.165) is 9.52 Å². The fourth-order valence-corrected chi connectivity index (χ4v) is 2.27. The van der Waals surface area contributed by atoms with Gasteiger partial charge in [0.2, 0.25) is 0 Å². The first-order valence-corrected chi connectivity index (χ1v) is 10.1. The molecule has 0 unspecified atom stereocenters. The molecular formula is C20H33SiTi. The second kappa shape index (κ2) is 11.2. The second-order valence-electron chi connectivity index (χ2n) is 6.10. The molecular weight excluding hydrogens is 316 g/mol. The minimum Gasteiger partial charge on any atom is -0.199 e. The van der Waals surface area contributed by atoms with Crippen LogP contribution in [0.3, 0.4) is 0 Å². The molecule has 0 bridgehead atoms. The molecule has 2 aromatic carbocycles. The van der Waals surface area contributed by atoms with E-state index in [1.54, 1.807) is 0 Å². The Kier molecular flexibility index (Phi) is 12.2. The normalized spacial score (nSPS) is 9.18. The third-order valence-corrected chi connectivity index (χ3v) is 4.36. The van der Waals surface area contributed by atoms with Crippen LogP contribution >= 0.6 is 0 Å². The van der Waals surface area contributed by atoms with Crippen molar-refractivity contribution in [1.82, 2.24) is 0 Å². The predicted molar refractivity (Wildman–Crippen MR) is 101 cm³/mol. The molecule has 0 aliphatic carbocycles. The van der Waals surface area contributed by atoms with Crippen LogP contribution in [0.5, 0.6) is 0 Å². The zero-order valence-corrected chi connectivity index (χ0v) is 18.9. The molecule has 2 aromatic rings. The maximum Gasteiger partial charge on any atom is 2.00 e. The molecule has 0 fully saturated rings. The summed E-state index contributed by atoms with van der Waals surface area (Å²) >= 11 is 0. The Morgan fingerprint density at radius 1 is 0.682 bits per heavy atom. The van der Waals surface area contributed by atoms with Gasteiger partial charge in [0.05, 0.1) is 0 Å². The monoisotopic (exact) mass is 349 g/mol. The van der Waals surface area contributed by atoms with Gasteiger partial charge in [-0.3, -0.25) is 0 Å². The van der Waals surface area contributed by atoms with Crippen molar-refractivity contribution in [2.24, 2.45) is 0 Å². The van der Waals surface area contributed by atoms with E-state index in [-0.39, 0.29) is 21.7 Å². The van der Waals surface area contributed by atoms with Gasteiger partial charge in [0.25, 0.3) is 0 Å². The number of hydrogen-bond donors (Lipinski definition) is 0. The van der Waals surface area contributed by atoms with Gasteiger partial charge >= 0.3 is 21.7 Å². The standard InChI is InChI=1S/2C9H13.C2H7Si.Ti/c2*1-6-5-7(2)9(4)8(6)3;1-3-2;/h2*5H,1-4H3;3H,1-2H3;/q2*-1;;+2. The first kappa shape index (κ1) is 23.9. The first-order valence-electron chi connectivity index (χ1n) is 7.81. The molecule has 0 nitrogen and oxygen atoms in total. The summed E-state index contributed by atoms with van der Waals surface area (Å²) in [4.78, 5) is 0. The van der Waals surface area contributed by atoms with Gasteiger partial charge in [0.15, 0.2) is 0 Å². The number of hydrogen-bond acceptors (Lipinski definition) is 0.